The van der Waals surface area contributed by atoms with E-state index >= 15 is 0 Å². The molecule has 0 spiro atoms. The second-order valence-corrected chi connectivity index (χ2v) is 6.39. The lowest BCUT2D eigenvalue weighted by molar-refractivity contribution is -0.121. The van der Waals surface area contributed by atoms with Crippen molar-refractivity contribution in [2.24, 2.45) is 0 Å². The maximum atomic E-state index is 12.1. The molecule has 0 radical (unpaired) electrons. The van der Waals surface area contributed by atoms with Crippen LogP contribution in [0.4, 0.5) is 0 Å². The second kappa shape index (κ2) is 6.96. The van der Waals surface area contributed by atoms with Crippen molar-refractivity contribution in [3.8, 4) is 0 Å². The van der Waals surface area contributed by atoms with Gasteiger partial charge in [-0.1, -0.05) is 42.5 Å². The summed E-state index contributed by atoms with van der Waals surface area (Å²) in [5.41, 5.74) is 0.142. The Hall–Kier alpha value is -1.52. The zero-order valence-electron chi connectivity index (χ0n) is 12.4. The summed E-state index contributed by atoms with van der Waals surface area (Å²) in [6, 6.07) is 14.0. The van der Waals surface area contributed by atoms with Crippen molar-refractivity contribution in [3.63, 3.8) is 0 Å². The lowest BCUT2D eigenvalue weighted by Crippen LogP contribution is -2.42. The first-order valence-corrected chi connectivity index (χ1v) is 8.36. The summed E-state index contributed by atoms with van der Waals surface area (Å²) in [5.74, 6) is 0.536. The van der Waals surface area contributed by atoms with E-state index in [4.69, 9.17) is 0 Å². The molecule has 1 unspecified atom stereocenters. The summed E-state index contributed by atoms with van der Waals surface area (Å²) in [5, 5.41) is 15.1. The van der Waals surface area contributed by atoms with Crippen LogP contribution in [0.1, 0.15) is 12.5 Å². The van der Waals surface area contributed by atoms with Gasteiger partial charge in [0, 0.05) is 12.3 Å². The highest BCUT2D eigenvalue weighted by Crippen LogP contribution is 2.19. The van der Waals surface area contributed by atoms with Gasteiger partial charge in [-0.25, -0.2) is 0 Å². The van der Waals surface area contributed by atoms with Crippen LogP contribution >= 0.6 is 11.8 Å². The van der Waals surface area contributed by atoms with Crippen molar-refractivity contribution in [1.29, 1.82) is 0 Å². The zero-order chi connectivity index (χ0) is 15.3. The molecule has 0 fully saturated rings. The van der Waals surface area contributed by atoms with Gasteiger partial charge in [0.05, 0.1) is 12.0 Å². The van der Waals surface area contributed by atoms with Crippen LogP contribution in [0, 0.1) is 0 Å². The van der Waals surface area contributed by atoms with Gasteiger partial charge in [-0.05, 0) is 29.5 Å². The van der Waals surface area contributed by atoms with Crippen molar-refractivity contribution < 1.29 is 9.90 Å². The maximum absolute atomic E-state index is 12.1. The summed E-state index contributed by atoms with van der Waals surface area (Å²) in [6.07, 6.45) is 2.27. The number of thioether (sulfide) groups is 1. The van der Waals surface area contributed by atoms with E-state index in [-0.39, 0.29) is 12.5 Å². The quantitative estimate of drug-likeness (QED) is 0.862. The van der Waals surface area contributed by atoms with Crippen molar-refractivity contribution in [2.45, 2.75) is 18.9 Å². The van der Waals surface area contributed by atoms with E-state index in [9.17, 15) is 9.90 Å². The molecule has 0 aliphatic carbocycles. The van der Waals surface area contributed by atoms with Crippen molar-refractivity contribution in [3.05, 3.63) is 48.0 Å². The number of rotatable bonds is 6. The number of aliphatic hydroxyl groups is 1. The Morgan fingerprint density at radius 3 is 2.71 bits per heavy atom. The summed E-state index contributed by atoms with van der Waals surface area (Å²) in [7, 11) is 0. The van der Waals surface area contributed by atoms with Crippen molar-refractivity contribution in [2.75, 3.05) is 18.6 Å². The predicted molar refractivity (Wildman–Crippen MR) is 89.7 cm³/mol. The normalized spacial score (nSPS) is 13.9. The van der Waals surface area contributed by atoms with Crippen LogP contribution in [0.25, 0.3) is 10.8 Å². The highest BCUT2D eigenvalue weighted by Gasteiger charge is 2.20. The number of hydrogen-bond donors (Lipinski definition) is 2. The average Bonchev–Trinajstić information content (AvgIpc) is 2.46. The summed E-state index contributed by atoms with van der Waals surface area (Å²) in [6.45, 7) is 2.01. The van der Waals surface area contributed by atoms with E-state index in [1.165, 1.54) is 0 Å². The molecule has 3 nitrogen and oxygen atoms in total. The molecule has 1 atom stereocenters. The van der Waals surface area contributed by atoms with Gasteiger partial charge < -0.3 is 10.4 Å². The third-order valence-electron chi connectivity index (χ3n) is 3.35. The molecule has 1 amide bonds. The largest absolute Gasteiger partial charge is 0.387 e. The minimum atomic E-state index is -0.867. The summed E-state index contributed by atoms with van der Waals surface area (Å²) >= 11 is 1.56. The Morgan fingerprint density at radius 1 is 1.24 bits per heavy atom. The highest BCUT2D eigenvalue weighted by molar-refractivity contribution is 7.98. The van der Waals surface area contributed by atoms with Gasteiger partial charge >= 0.3 is 0 Å². The summed E-state index contributed by atoms with van der Waals surface area (Å²) in [4.78, 5) is 12.1. The van der Waals surface area contributed by atoms with Crippen LogP contribution in [0.15, 0.2) is 42.5 Å². The van der Waals surface area contributed by atoms with Gasteiger partial charge in [-0.2, -0.15) is 11.8 Å². The number of nitrogens with one attached hydrogen (secondary N) is 1. The smallest absolute Gasteiger partial charge is 0.224 e. The average molecular weight is 303 g/mol. The molecule has 2 aromatic rings. The number of benzene rings is 2. The van der Waals surface area contributed by atoms with Crippen LogP contribution in [-0.2, 0) is 11.2 Å². The van der Waals surface area contributed by atoms with Crippen molar-refractivity contribution in [1.82, 2.24) is 5.32 Å². The van der Waals surface area contributed by atoms with Gasteiger partial charge in [-0.15, -0.1) is 0 Å². The van der Waals surface area contributed by atoms with E-state index < -0.39 is 5.60 Å². The first kappa shape index (κ1) is 15.9. The topological polar surface area (TPSA) is 49.3 Å². The molecule has 0 saturated heterocycles. The molecule has 0 aliphatic heterocycles. The van der Waals surface area contributed by atoms with Gasteiger partial charge in [-0.3, -0.25) is 4.79 Å². The SMILES string of the molecule is CSCC(C)(O)CNC(=O)Cc1cccc2ccccc12. The third kappa shape index (κ3) is 4.48. The molecular formula is C17H21NO2S. The first-order valence-electron chi connectivity index (χ1n) is 6.96. The molecule has 2 rings (SSSR count). The van der Waals surface area contributed by atoms with Crippen LogP contribution in [0.5, 0.6) is 0 Å². The minimum absolute atomic E-state index is 0.0623. The zero-order valence-corrected chi connectivity index (χ0v) is 13.2. The fourth-order valence-corrected chi connectivity index (χ4v) is 3.06. The lowest BCUT2D eigenvalue weighted by Gasteiger charge is -2.22. The van der Waals surface area contributed by atoms with Crippen molar-refractivity contribution >= 4 is 28.4 Å². The molecular weight excluding hydrogens is 282 g/mol. The van der Waals surface area contributed by atoms with Gasteiger partial charge in [0.15, 0.2) is 0 Å². The lowest BCUT2D eigenvalue weighted by atomic mass is 10.0. The van der Waals surface area contributed by atoms with Gasteiger partial charge in [0.25, 0.3) is 0 Å². The molecule has 21 heavy (non-hydrogen) atoms. The summed E-state index contributed by atoms with van der Waals surface area (Å²) < 4.78 is 0. The second-order valence-electron chi connectivity index (χ2n) is 5.52. The molecule has 0 bridgehead atoms. The molecule has 2 aromatic carbocycles. The van der Waals surface area contributed by atoms with Crippen LogP contribution < -0.4 is 5.32 Å². The molecule has 0 heterocycles. The Balaban J connectivity index is 2.02. The van der Waals surface area contributed by atoms with E-state index in [0.29, 0.717) is 12.2 Å². The Kier molecular flexibility index (Phi) is 5.26. The number of fused-ring (bicyclic) bond motifs is 1. The van der Waals surface area contributed by atoms with Gasteiger partial charge in [0.1, 0.15) is 0 Å². The standard InChI is InChI=1S/C17H21NO2S/c1-17(20,12-21-2)11-18-16(19)10-14-8-5-7-13-6-3-4-9-15(13)14/h3-9,20H,10-12H2,1-2H3,(H,18,19). The Bertz CT molecular complexity index is 620. The number of carbonyl (C=O) groups excluding carboxylic acids is 1. The van der Waals surface area contributed by atoms with Gasteiger partial charge in [0.2, 0.25) is 5.91 Å². The Morgan fingerprint density at radius 2 is 1.95 bits per heavy atom. The Labute approximate surface area is 129 Å². The molecule has 0 saturated carbocycles. The highest BCUT2D eigenvalue weighted by atomic mass is 32.2. The van der Waals surface area contributed by atoms with Crippen LogP contribution in [-0.4, -0.2) is 35.2 Å². The fraction of sp³-hybridized carbons (Fsp3) is 0.353. The van der Waals surface area contributed by atoms with E-state index in [0.717, 1.165) is 16.3 Å². The molecule has 2 N–H and O–H groups in total. The van der Waals surface area contributed by atoms with Crippen LogP contribution in [0.3, 0.4) is 0 Å². The first-order chi connectivity index (χ1) is 10.0. The maximum Gasteiger partial charge on any atom is 0.224 e. The number of carbonyl (C=O) groups is 1. The molecule has 4 heteroatoms. The number of hydrogen-bond acceptors (Lipinski definition) is 3. The fourth-order valence-electron chi connectivity index (χ4n) is 2.33. The van der Waals surface area contributed by atoms with E-state index in [1.54, 1.807) is 18.7 Å². The van der Waals surface area contributed by atoms with E-state index in [1.807, 2.05) is 48.7 Å². The van der Waals surface area contributed by atoms with Crippen LogP contribution in [0.2, 0.25) is 0 Å². The third-order valence-corrected chi connectivity index (χ3v) is 4.26. The predicted octanol–water partition coefficient (Wildman–Crippen LogP) is 2.61. The van der Waals surface area contributed by atoms with E-state index in [2.05, 4.69) is 5.32 Å². The minimum Gasteiger partial charge on any atom is -0.387 e. The molecule has 0 aliphatic rings. The molecule has 112 valence electrons. The number of amides is 1. The molecule has 0 aromatic heterocycles. The monoisotopic (exact) mass is 303 g/mol.